The number of carbonyl (C=O) groups is 1. The largest absolute Gasteiger partial charge is 0.467 e. The van der Waals surface area contributed by atoms with E-state index in [-0.39, 0.29) is 35.1 Å². The predicted molar refractivity (Wildman–Crippen MR) is 95.1 cm³/mol. The summed E-state index contributed by atoms with van der Waals surface area (Å²) in [5.74, 6) is 0.264. The van der Waals surface area contributed by atoms with Crippen molar-refractivity contribution < 1.29 is 22.4 Å². The van der Waals surface area contributed by atoms with Crippen molar-refractivity contribution in [3.8, 4) is 0 Å². The first-order chi connectivity index (χ1) is 12.4. The van der Waals surface area contributed by atoms with E-state index in [1.807, 2.05) is 13.8 Å². The lowest BCUT2D eigenvalue weighted by molar-refractivity contribution is -0.0440. The summed E-state index contributed by atoms with van der Waals surface area (Å²) in [6, 6.07) is 9.55. The zero-order chi connectivity index (χ0) is 18.7. The van der Waals surface area contributed by atoms with Gasteiger partial charge in [0.05, 0.1) is 29.9 Å². The molecule has 3 rings (SSSR count). The molecular weight excluding hydrogens is 356 g/mol. The van der Waals surface area contributed by atoms with E-state index in [9.17, 15) is 13.2 Å². The Morgan fingerprint density at radius 1 is 1.19 bits per heavy atom. The molecule has 0 bridgehead atoms. The standard InChI is InChI=1S/C18H22N2O5S/c1-13-11-20(12-14(2)25-13)26(22,23)17-7-3-5-15(9-17)18(21)19-10-16-6-4-8-24-16/h3-9,13-14H,10-12H2,1-2H3,(H,19,21)/t13-,14-/m1/s1. The van der Waals surface area contributed by atoms with Gasteiger partial charge in [-0.1, -0.05) is 6.07 Å². The molecule has 2 heterocycles. The van der Waals surface area contributed by atoms with Crippen molar-refractivity contribution in [3.05, 3.63) is 54.0 Å². The first-order valence-corrected chi connectivity index (χ1v) is 9.86. The molecule has 0 aliphatic carbocycles. The van der Waals surface area contributed by atoms with Gasteiger partial charge in [0.25, 0.3) is 5.91 Å². The summed E-state index contributed by atoms with van der Waals surface area (Å²) in [6.07, 6.45) is 1.18. The number of nitrogens with one attached hydrogen (secondary N) is 1. The number of sulfonamides is 1. The second-order valence-corrected chi connectivity index (χ2v) is 8.31. The van der Waals surface area contributed by atoms with Gasteiger partial charge in [0.2, 0.25) is 10.0 Å². The molecule has 1 saturated heterocycles. The lowest BCUT2D eigenvalue weighted by Gasteiger charge is -2.34. The Morgan fingerprint density at radius 2 is 1.92 bits per heavy atom. The number of benzene rings is 1. The lowest BCUT2D eigenvalue weighted by atomic mass is 10.2. The summed E-state index contributed by atoms with van der Waals surface area (Å²) in [6.45, 7) is 4.51. The minimum Gasteiger partial charge on any atom is -0.467 e. The number of nitrogens with zero attached hydrogens (tertiary/aromatic N) is 1. The maximum absolute atomic E-state index is 12.9. The summed E-state index contributed by atoms with van der Waals surface area (Å²) in [5.41, 5.74) is 0.284. The molecule has 0 radical (unpaired) electrons. The van der Waals surface area contributed by atoms with Crippen LogP contribution in [-0.4, -0.2) is 43.9 Å². The molecule has 1 fully saturated rings. The van der Waals surface area contributed by atoms with Gasteiger partial charge in [-0.05, 0) is 44.2 Å². The van der Waals surface area contributed by atoms with E-state index in [0.29, 0.717) is 18.8 Å². The van der Waals surface area contributed by atoms with Crippen LogP contribution in [0.2, 0.25) is 0 Å². The van der Waals surface area contributed by atoms with E-state index in [0.717, 1.165) is 0 Å². The van der Waals surface area contributed by atoms with Crippen LogP contribution >= 0.6 is 0 Å². The SMILES string of the molecule is C[C@@H]1CN(S(=O)(=O)c2cccc(C(=O)NCc3ccco3)c2)C[C@@H](C)O1. The van der Waals surface area contributed by atoms with Crippen LogP contribution in [0.25, 0.3) is 0 Å². The van der Waals surface area contributed by atoms with Crippen molar-refractivity contribution in [3.63, 3.8) is 0 Å². The maximum atomic E-state index is 12.9. The van der Waals surface area contributed by atoms with Gasteiger partial charge in [-0.3, -0.25) is 4.79 Å². The Labute approximate surface area is 153 Å². The highest BCUT2D eigenvalue weighted by atomic mass is 32.2. The third kappa shape index (κ3) is 4.14. The fourth-order valence-electron chi connectivity index (χ4n) is 2.96. The molecule has 26 heavy (non-hydrogen) atoms. The van der Waals surface area contributed by atoms with Gasteiger partial charge >= 0.3 is 0 Å². The molecule has 0 spiro atoms. The second kappa shape index (κ2) is 7.61. The Hall–Kier alpha value is -2.16. The molecular formula is C18H22N2O5S. The van der Waals surface area contributed by atoms with E-state index in [1.165, 1.54) is 22.7 Å². The van der Waals surface area contributed by atoms with E-state index in [2.05, 4.69) is 5.32 Å². The van der Waals surface area contributed by atoms with E-state index in [4.69, 9.17) is 9.15 Å². The Kier molecular flexibility index (Phi) is 5.45. The first-order valence-electron chi connectivity index (χ1n) is 8.42. The van der Waals surface area contributed by atoms with Crippen molar-refractivity contribution >= 4 is 15.9 Å². The van der Waals surface area contributed by atoms with Gasteiger partial charge in [0, 0.05) is 18.7 Å². The van der Waals surface area contributed by atoms with Crippen molar-refractivity contribution in [2.24, 2.45) is 0 Å². The number of hydrogen-bond donors (Lipinski definition) is 1. The number of ether oxygens (including phenoxy) is 1. The van der Waals surface area contributed by atoms with Crippen molar-refractivity contribution in [2.75, 3.05) is 13.1 Å². The predicted octanol–water partition coefficient (Wildman–Crippen LogP) is 2.01. The quantitative estimate of drug-likeness (QED) is 0.860. The van der Waals surface area contributed by atoms with Crippen molar-refractivity contribution in [1.29, 1.82) is 0 Å². The summed E-state index contributed by atoms with van der Waals surface area (Å²) in [5, 5.41) is 2.71. The zero-order valence-corrected chi connectivity index (χ0v) is 15.5. The Bertz CT molecular complexity index is 853. The number of morpholine rings is 1. The molecule has 1 aromatic heterocycles. The molecule has 8 heteroatoms. The van der Waals surface area contributed by atoms with Gasteiger partial charge < -0.3 is 14.5 Å². The molecule has 1 amide bonds. The Balaban J connectivity index is 1.76. The van der Waals surface area contributed by atoms with Crippen LogP contribution in [0.15, 0.2) is 52.0 Å². The smallest absolute Gasteiger partial charge is 0.251 e. The third-order valence-corrected chi connectivity index (χ3v) is 5.95. The van der Waals surface area contributed by atoms with Crippen LogP contribution in [0.1, 0.15) is 30.0 Å². The minimum atomic E-state index is -3.69. The van der Waals surface area contributed by atoms with Crippen LogP contribution in [0, 0.1) is 0 Å². The van der Waals surface area contributed by atoms with Gasteiger partial charge in [-0.15, -0.1) is 0 Å². The molecule has 2 atom stereocenters. The van der Waals surface area contributed by atoms with Crippen molar-refractivity contribution in [1.82, 2.24) is 9.62 Å². The molecule has 1 aromatic carbocycles. The number of amides is 1. The van der Waals surface area contributed by atoms with Crippen LogP contribution in [0.4, 0.5) is 0 Å². The first kappa shape index (κ1) is 18.6. The number of rotatable bonds is 5. The summed E-state index contributed by atoms with van der Waals surface area (Å²) >= 11 is 0. The topological polar surface area (TPSA) is 88.9 Å². The zero-order valence-electron chi connectivity index (χ0n) is 14.7. The molecule has 2 aromatic rings. The van der Waals surface area contributed by atoms with Gasteiger partial charge in [-0.2, -0.15) is 4.31 Å². The van der Waals surface area contributed by atoms with Gasteiger partial charge in [0.15, 0.2) is 0 Å². The highest BCUT2D eigenvalue weighted by Crippen LogP contribution is 2.22. The average molecular weight is 378 g/mol. The average Bonchev–Trinajstić information content (AvgIpc) is 3.12. The fraction of sp³-hybridized carbons (Fsp3) is 0.389. The monoisotopic (exact) mass is 378 g/mol. The second-order valence-electron chi connectivity index (χ2n) is 6.37. The van der Waals surface area contributed by atoms with Gasteiger partial charge in [-0.25, -0.2) is 8.42 Å². The lowest BCUT2D eigenvalue weighted by Crippen LogP contribution is -2.48. The number of furan rings is 1. The van der Waals surface area contributed by atoms with Crippen LogP contribution < -0.4 is 5.32 Å². The minimum absolute atomic E-state index is 0.101. The van der Waals surface area contributed by atoms with Crippen LogP contribution in [0.3, 0.4) is 0 Å². The molecule has 140 valence electrons. The van der Waals surface area contributed by atoms with E-state index in [1.54, 1.807) is 24.3 Å². The van der Waals surface area contributed by atoms with Crippen LogP contribution in [-0.2, 0) is 21.3 Å². The highest BCUT2D eigenvalue weighted by Gasteiger charge is 2.32. The summed E-state index contributed by atoms with van der Waals surface area (Å²) < 4.78 is 38.0. The molecule has 1 N–H and O–H groups in total. The summed E-state index contributed by atoms with van der Waals surface area (Å²) in [7, 11) is -3.69. The third-order valence-electron chi connectivity index (χ3n) is 4.12. The molecule has 0 saturated carbocycles. The van der Waals surface area contributed by atoms with E-state index < -0.39 is 10.0 Å². The molecule has 7 nitrogen and oxygen atoms in total. The van der Waals surface area contributed by atoms with E-state index >= 15 is 0 Å². The Morgan fingerprint density at radius 3 is 2.58 bits per heavy atom. The molecule has 0 unspecified atom stereocenters. The van der Waals surface area contributed by atoms with Crippen LogP contribution in [0.5, 0.6) is 0 Å². The molecule has 1 aliphatic rings. The van der Waals surface area contributed by atoms with Crippen molar-refractivity contribution in [2.45, 2.75) is 37.5 Å². The summed E-state index contributed by atoms with van der Waals surface area (Å²) in [4.78, 5) is 12.4. The van der Waals surface area contributed by atoms with Gasteiger partial charge in [0.1, 0.15) is 5.76 Å². The fourth-order valence-corrected chi connectivity index (χ4v) is 4.59. The number of hydrogen-bond acceptors (Lipinski definition) is 5. The maximum Gasteiger partial charge on any atom is 0.251 e. The highest BCUT2D eigenvalue weighted by molar-refractivity contribution is 7.89. The number of carbonyl (C=O) groups excluding carboxylic acids is 1. The molecule has 1 aliphatic heterocycles. The normalized spacial score (nSPS) is 21.5.